The topological polar surface area (TPSA) is 52.0 Å². The van der Waals surface area contributed by atoms with Crippen molar-refractivity contribution in [1.29, 1.82) is 0 Å². The van der Waals surface area contributed by atoms with Crippen molar-refractivity contribution in [3.8, 4) is 5.75 Å². The van der Waals surface area contributed by atoms with E-state index in [-0.39, 0.29) is 12.1 Å². The molecule has 3 heterocycles. The summed E-state index contributed by atoms with van der Waals surface area (Å²) in [7, 11) is 0. The summed E-state index contributed by atoms with van der Waals surface area (Å²) in [4.78, 5) is 4.75. The number of hydrogen-bond donors (Lipinski definition) is 1. The SMILES string of the molecule is CSc1nc2n(n1)[C@H](c1ccc(C)cc1)C1=C(N2)c2ccccc2O[C@@H]1c1ccccc1. The van der Waals surface area contributed by atoms with Crippen LogP contribution in [0.5, 0.6) is 5.75 Å². The molecule has 0 bridgehead atoms. The van der Waals surface area contributed by atoms with Crippen LogP contribution in [0, 0.1) is 6.92 Å². The van der Waals surface area contributed by atoms with E-state index in [2.05, 4.69) is 66.8 Å². The first-order chi connectivity index (χ1) is 15.7. The number of nitrogens with one attached hydrogen (secondary N) is 1. The molecule has 2 aliphatic rings. The van der Waals surface area contributed by atoms with Gasteiger partial charge in [-0.1, -0.05) is 84.1 Å². The highest BCUT2D eigenvalue weighted by Gasteiger charge is 2.41. The number of nitrogens with zero attached hydrogens (tertiary/aromatic N) is 3. The van der Waals surface area contributed by atoms with E-state index in [1.165, 1.54) is 5.56 Å². The minimum atomic E-state index is -0.241. The van der Waals surface area contributed by atoms with Gasteiger partial charge in [-0.25, -0.2) is 4.68 Å². The number of aryl methyl sites for hydroxylation is 1. The lowest BCUT2D eigenvalue weighted by Crippen LogP contribution is -2.32. The molecule has 6 rings (SSSR count). The molecule has 0 radical (unpaired) electrons. The van der Waals surface area contributed by atoms with Crippen molar-refractivity contribution in [3.63, 3.8) is 0 Å². The largest absolute Gasteiger partial charge is 0.480 e. The Morgan fingerprint density at radius 1 is 0.906 bits per heavy atom. The van der Waals surface area contributed by atoms with Gasteiger partial charge in [-0.3, -0.25) is 0 Å². The molecule has 6 heteroatoms. The van der Waals surface area contributed by atoms with E-state index in [1.807, 2.05) is 35.2 Å². The molecule has 1 N–H and O–H groups in total. The number of benzene rings is 3. The quantitative estimate of drug-likeness (QED) is 0.406. The van der Waals surface area contributed by atoms with Gasteiger partial charge in [-0.15, -0.1) is 5.10 Å². The summed E-state index contributed by atoms with van der Waals surface area (Å²) in [5.74, 6) is 1.62. The van der Waals surface area contributed by atoms with Gasteiger partial charge >= 0.3 is 0 Å². The molecule has 3 aromatic carbocycles. The summed E-state index contributed by atoms with van der Waals surface area (Å²) in [6.07, 6.45) is 1.76. The highest BCUT2D eigenvalue weighted by atomic mass is 32.2. The Bertz CT molecular complexity index is 1330. The number of rotatable bonds is 3. The average molecular weight is 439 g/mol. The molecule has 1 aromatic heterocycles. The fourth-order valence-electron chi connectivity index (χ4n) is 4.52. The van der Waals surface area contributed by atoms with Crippen LogP contribution in [0.1, 0.15) is 34.4 Å². The van der Waals surface area contributed by atoms with Crippen LogP contribution in [-0.2, 0) is 0 Å². The highest BCUT2D eigenvalue weighted by Crippen LogP contribution is 2.50. The van der Waals surface area contributed by atoms with Gasteiger partial charge in [0.2, 0.25) is 11.1 Å². The summed E-state index contributed by atoms with van der Waals surface area (Å²) in [6.45, 7) is 2.11. The smallest absolute Gasteiger partial charge is 0.227 e. The van der Waals surface area contributed by atoms with Gasteiger partial charge in [-0.2, -0.15) is 4.98 Å². The summed E-state index contributed by atoms with van der Waals surface area (Å²) in [6, 6.07) is 27.1. The van der Waals surface area contributed by atoms with Gasteiger partial charge in [-0.05, 0) is 36.4 Å². The molecular formula is C26H22N4OS. The maximum absolute atomic E-state index is 6.65. The van der Waals surface area contributed by atoms with Crippen molar-refractivity contribution >= 4 is 23.4 Å². The Hall–Kier alpha value is -3.51. The fourth-order valence-corrected chi connectivity index (χ4v) is 4.86. The van der Waals surface area contributed by atoms with Crippen LogP contribution >= 0.6 is 11.8 Å². The van der Waals surface area contributed by atoms with Crippen LogP contribution in [0.15, 0.2) is 89.6 Å². The predicted octanol–water partition coefficient (Wildman–Crippen LogP) is 5.87. The maximum atomic E-state index is 6.65. The van der Waals surface area contributed by atoms with E-state index in [4.69, 9.17) is 14.8 Å². The van der Waals surface area contributed by atoms with Crippen LogP contribution in [0.25, 0.3) is 5.70 Å². The predicted molar refractivity (Wildman–Crippen MR) is 128 cm³/mol. The van der Waals surface area contributed by atoms with Crippen molar-refractivity contribution in [1.82, 2.24) is 14.8 Å². The first-order valence-electron chi connectivity index (χ1n) is 10.6. The zero-order chi connectivity index (χ0) is 21.7. The molecule has 4 aromatic rings. The molecule has 2 aliphatic heterocycles. The lowest BCUT2D eigenvalue weighted by molar-refractivity contribution is 0.223. The standard InChI is InChI=1S/C26H22N4OS/c1-16-12-14-17(15-13-16)23-21-22(27-25-28-26(32-2)29-30(23)25)19-10-6-7-11-20(19)31-24(21)18-8-4-3-5-9-18/h3-15,23-24H,1-2H3,(H,27,28,29)/t23-,24-/m1/s1. The zero-order valence-corrected chi connectivity index (χ0v) is 18.6. The molecule has 158 valence electrons. The van der Waals surface area contributed by atoms with Gasteiger partial charge in [0.25, 0.3) is 0 Å². The Morgan fingerprint density at radius 3 is 2.44 bits per heavy atom. The third-order valence-corrected chi connectivity index (χ3v) is 6.58. The summed E-state index contributed by atoms with van der Waals surface area (Å²) < 4.78 is 8.65. The second kappa shape index (κ2) is 7.57. The molecule has 2 atom stereocenters. The molecule has 0 spiro atoms. The first kappa shape index (κ1) is 19.2. The number of fused-ring (bicyclic) bond motifs is 3. The number of anilines is 1. The van der Waals surface area contributed by atoms with Crippen molar-refractivity contribution in [2.45, 2.75) is 24.2 Å². The summed E-state index contributed by atoms with van der Waals surface area (Å²) in [5, 5.41) is 9.18. The van der Waals surface area contributed by atoms with Crippen LogP contribution in [0.4, 0.5) is 5.95 Å². The summed E-state index contributed by atoms with van der Waals surface area (Å²) in [5.41, 5.74) is 6.74. The van der Waals surface area contributed by atoms with Crippen molar-refractivity contribution in [2.24, 2.45) is 0 Å². The molecule has 0 saturated heterocycles. The van der Waals surface area contributed by atoms with E-state index in [0.29, 0.717) is 0 Å². The van der Waals surface area contributed by atoms with Crippen molar-refractivity contribution in [2.75, 3.05) is 11.6 Å². The second-order valence-corrected chi connectivity index (χ2v) is 8.81. The molecule has 0 amide bonds. The van der Waals surface area contributed by atoms with E-state index in [9.17, 15) is 0 Å². The van der Waals surface area contributed by atoms with Gasteiger partial charge in [0.05, 0.1) is 5.70 Å². The minimum absolute atomic E-state index is 0.131. The first-order valence-corrected chi connectivity index (χ1v) is 11.8. The van der Waals surface area contributed by atoms with Crippen LogP contribution < -0.4 is 10.1 Å². The Morgan fingerprint density at radius 2 is 1.66 bits per heavy atom. The number of para-hydroxylation sites is 1. The van der Waals surface area contributed by atoms with E-state index < -0.39 is 0 Å². The van der Waals surface area contributed by atoms with E-state index >= 15 is 0 Å². The number of ether oxygens (including phenoxy) is 1. The van der Waals surface area contributed by atoms with E-state index in [1.54, 1.807) is 11.8 Å². The van der Waals surface area contributed by atoms with Crippen LogP contribution in [0.3, 0.4) is 0 Å². The number of thioether (sulfide) groups is 1. The Balaban J connectivity index is 1.63. The third kappa shape index (κ3) is 3.02. The number of hydrogen-bond acceptors (Lipinski definition) is 5. The number of aromatic nitrogens is 3. The second-order valence-electron chi connectivity index (χ2n) is 8.04. The molecule has 0 aliphatic carbocycles. The highest BCUT2D eigenvalue weighted by molar-refractivity contribution is 7.98. The van der Waals surface area contributed by atoms with Crippen LogP contribution in [-0.4, -0.2) is 21.0 Å². The maximum Gasteiger partial charge on any atom is 0.227 e. The molecule has 0 saturated carbocycles. The van der Waals surface area contributed by atoms with Gasteiger partial charge < -0.3 is 10.1 Å². The molecule has 0 unspecified atom stereocenters. The average Bonchev–Trinajstić information content (AvgIpc) is 3.26. The van der Waals surface area contributed by atoms with Crippen LogP contribution in [0.2, 0.25) is 0 Å². The molecule has 5 nitrogen and oxygen atoms in total. The molecule has 32 heavy (non-hydrogen) atoms. The van der Waals surface area contributed by atoms with Gasteiger partial charge in [0.1, 0.15) is 17.9 Å². The molecular weight excluding hydrogens is 416 g/mol. The summed E-state index contributed by atoms with van der Waals surface area (Å²) >= 11 is 1.55. The molecule has 0 fully saturated rings. The third-order valence-electron chi connectivity index (χ3n) is 6.04. The normalized spacial score (nSPS) is 18.8. The lowest BCUT2D eigenvalue weighted by Gasteiger charge is -2.38. The monoisotopic (exact) mass is 438 g/mol. The van der Waals surface area contributed by atoms with Crippen molar-refractivity contribution < 1.29 is 4.74 Å². The zero-order valence-electron chi connectivity index (χ0n) is 17.8. The fraction of sp³-hybridized carbons (Fsp3) is 0.154. The van der Waals surface area contributed by atoms with E-state index in [0.717, 1.165) is 44.8 Å². The van der Waals surface area contributed by atoms with Crippen molar-refractivity contribution in [3.05, 3.63) is 107 Å². The Labute approximate surface area is 191 Å². The lowest BCUT2D eigenvalue weighted by atomic mass is 9.84. The Kier molecular flexibility index (Phi) is 4.54. The van der Waals surface area contributed by atoms with Gasteiger partial charge in [0.15, 0.2) is 0 Å². The van der Waals surface area contributed by atoms with Gasteiger partial charge in [0, 0.05) is 11.1 Å². The minimum Gasteiger partial charge on any atom is -0.480 e.